The van der Waals surface area contributed by atoms with E-state index in [-0.39, 0.29) is 17.1 Å². The number of sulfonamides is 1. The molecule has 0 bridgehead atoms. The molecular formula is C14H15ClN2O4S. The molecule has 0 saturated carbocycles. The molecule has 1 aromatic heterocycles. The van der Waals surface area contributed by atoms with E-state index in [9.17, 15) is 13.2 Å². The fraction of sp³-hybridized carbons (Fsp3) is 0.286. The molecule has 1 heterocycles. The van der Waals surface area contributed by atoms with Gasteiger partial charge < -0.3 is 4.52 Å². The predicted octanol–water partition coefficient (Wildman–Crippen LogP) is 2.46. The zero-order valence-corrected chi connectivity index (χ0v) is 13.7. The first kappa shape index (κ1) is 16.5. The maximum absolute atomic E-state index is 12.2. The van der Waals surface area contributed by atoms with Gasteiger partial charge >= 0.3 is 0 Å². The summed E-state index contributed by atoms with van der Waals surface area (Å²) in [5, 5.41) is 4.06. The minimum absolute atomic E-state index is 0.158. The summed E-state index contributed by atoms with van der Waals surface area (Å²) < 4.78 is 31.2. The molecule has 118 valence electrons. The number of aromatic nitrogens is 1. The molecular weight excluding hydrogens is 328 g/mol. The van der Waals surface area contributed by atoms with Crippen molar-refractivity contribution >= 4 is 27.5 Å². The van der Waals surface area contributed by atoms with E-state index in [1.165, 1.54) is 0 Å². The summed E-state index contributed by atoms with van der Waals surface area (Å²) in [5.74, 6) is -0.852. The van der Waals surface area contributed by atoms with Crippen molar-refractivity contribution in [1.82, 2.24) is 9.88 Å². The fourth-order valence-corrected chi connectivity index (χ4v) is 3.40. The second kappa shape index (κ2) is 6.50. The summed E-state index contributed by atoms with van der Waals surface area (Å²) >= 11 is 5.94. The van der Waals surface area contributed by atoms with Crippen molar-refractivity contribution in [3.63, 3.8) is 0 Å². The molecule has 6 nitrogen and oxygen atoms in total. The molecule has 22 heavy (non-hydrogen) atoms. The minimum Gasteiger partial charge on any atom is -0.361 e. The van der Waals surface area contributed by atoms with Crippen LogP contribution >= 0.6 is 11.6 Å². The molecule has 0 radical (unpaired) electrons. The highest BCUT2D eigenvalue weighted by molar-refractivity contribution is 7.89. The zero-order chi connectivity index (χ0) is 16.3. The van der Waals surface area contributed by atoms with Gasteiger partial charge in [0, 0.05) is 5.02 Å². The molecule has 8 heteroatoms. The molecule has 0 saturated heterocycles. The number of carbonyl (C=O) groups is 1. The van der Waals surface area contributed by atoms with Gasteiger partial charge in [0.25, 0.3) is 5.91 Å². The summed E-state index contributed by atoms with van der Waals surface area (Å²) in [6, 6.07) is 6.56. The summed E-state index contributed by atoms with van der Waals surface area (Å²) in [5.41, 5.74) is 0.996. The van der Waals surface area contributed by atoms with Gasteiger partial charge in [-0.2, -0.15) is 0 Å². The Kier molecular flexibility index (Phi) is 4.87. The van der Waals surface area contributed by atoms with Crippen LogP contribution in [0.15, 0.2) is 28.8 Å². The number of carbonyl (C=O) groups excluding carboxylic acids is 1. The fourth-order valence-electron chi connectivity index (χ4n) is 2.00. The van der Waals surface area contributed by atoms with Crippen LogP contribution in [0.5, 0.6) is 0 Å². The summed E-state index contributed by atoms with van der Waals surface area (Å²) in [7, 11) is -3.88. The van der Waals surface area contributed by atoms with Crippen molar-refractivity contribution in [2.24, 2.45) is 0 Å². The van der Waals surface area contributed by atoms with Crippen LogP contribution in [0.1, 0.15) is 34.3 Å². The van der Waals surface area contributed by atoms with E-state index >= 15 is 0 Å². The Bertz CT molecular complexity index is 799. The number of hydrogen-bond acceptors (Lipinski definition) is 5. The Morgan fingerprint density at radius 3 is 2.68 bits per heavy atom. The van der Waals surface area contributed by atoms with Crippen molar-refractivity contribution < 1.29 is 17.7 Å². The van der Waals surface area contributed by atoms with Crippen molar-refractivity contribution in [3.05, 3.63) is 51.9 Å². The third kappa shape index (κ3) is 3.66. The first-order valence-electron chi connectivity index (χ1n) is 6.57. The van der Waals surface area contributed by atoms with Crippen molar-refractivity contribution in [1.29, 1.82) is 0 Å². The third-order valence-corrected chi connectivity index (χ3v) is 4.60. The van der Waals surface area contributed by atoms with Crippen LogP contribution < -0.4 is 4.72 Å². The molecule has 0 aliphatic carbocycles. The number of benzene rings is 1. The number of rotatable bonds is 5. The van der Waals surface area contributed by atoms with E-state index in [1.54, 1.807) is 38.1 Å². The maximum Gasteiger partial charge on any atom is 0.270 e. The molecule has 1 amide bonds. The average Bonchev–Trinajstić information content (AvgIpc) is 2.81. The molecule has 0 unspecified atom stereocenters. The lowest BCUT2D eigenvalue weighted by Crippen LogP contribution is -2.32. The molecule has 2 aromatic rings. The lowest BCUT2D eigenvalue weighted by atomic mass is 10.1. The van der Waals surface area contributed by atoms with Gasteiger partial charge in [0.15, 0.2) is 0 Å². The predicted molar refractivity (Wildman–Crippen MR) is 82.2 cm³/mol. The minimum atomic E-state index is -3.88. The first-order chi connectivity index (χ1) is 10.3. The Labute approximate surface area is 133 Å². The smallest absolute Gasteiger partial charge is 0.270 e. The Balaban J connectivity index is 2.20. The van der Waals surface area contributed by atoms with Crippen LogP contribution in [-0.2, 0) is 22.2 Å². The number of nitrogens with zero attached hydrogens (tertiary/aromatic N) is 1. The number of hydrogen-bond donors (Lipinski definition) is 1. The van der Waals surface area contributed by atoms with E-state index in [1.807, 2.05) is 4.72 Å². The van der Waals surface area contributed by atoms with Gasteiger partial charge in [-0.05, 0) is 25.0 Å². The third-order valence-electron chi connectivity index (χ3n) is 3.05. The van der Waals surface area contributed by atoms with Crippen LogP contribution in [-0.4, -0.2) is 19.5 Å². The van der Waals surface area contributed by atoms with Gasteiger partial charge in [-0.1, -0.05) is 41.9 Å². The normalized spacial score (nSPS) is 11.4. The molecule has 0 aliphatic heterocycles. The van der Waals surface area contributed by atoms with Gasteiger partial charge in [0.2, 0.25) is 10.0 Å². The van der Waals surface area contributed by atoms with E-state index in [2.05, 4.69) is 5.16 Å². The molecule has 2 rings (SSSR count). The van der Waals surface area contributed by atoms with Crippen LogP contribution in [0.25, 0.3) is 0 Å². The largest absolute Gasteiger partial charge is 0.361 e. The van der Waals surface area contributed by atoms with Gasteiger partial charge in [-0.15, -0.1) is 0 Å². The van der Waals surface area contributed by atoms with E-state index in [4.69, 9.17) is 16.1 Å². The molecule has 0 spiro atoms. The van der Waals surface area contributed by atoms with Gasteiger partial charge in [-0.25, -0.2) is 13.1 Å². The van der Waals surface area contributed by atoms with E-state index in [0.717, 1.165) is 0 Å². The molecule has 0 atom stereocenters. The van der Waals surface area contributed by atoms with Gasteiger partial charge in [0.1, 0.15) is 11.3 Å². The summed E-state index contributed by atoms with van der Waals surface area (Å²) in [6.07, 6.45) is 0.463. The summed E-state index contributed by atoms with van der Waals surface area (Å²) in [4.78, 5) is 12.2. The molecule has 1 N–H and O–H groups in total. The Hall–Kier alpha value is -1.86. The maximum atomic E-state index is 12.2. The topological polar surface area (TPSA) is 89.3 Å². The lowest BCUT2D eigenvalue weighted by molar-refractivity contribution is 0.0979. The van der Waals surface area contributed by atoms with Gasteiger partial charge in [0.05, 0.1) is 11.4 Å². The van der Waals surface area contributed by atoms with E-state index < -0.39 is 15.9 Å². The Morgan fingerprint density at radius 1 is 1.36 bits per heavy atom. The standard InChI is InChI=1S/C14H15ClN2O4S/c1-3-12-13(9(2)21-16-12)14(18)17-22(19,20)8-10-6-4-5-7-11(10)15/h4-7H,3,8H2,1-2H3,(H,17,18). The molecule has 1 aromatic carbocycles. The molecule has 0 fully saturated rings. The van der Waals surface area contributed by atoms with Crippen molar-refractivity contribution in [2.75, 3.05) is 0 Å². The number of halogens is 1. The highest BCUT2D eigenvalue weighted by Gasteiger charge is 2.24. The van der Waals surface area contributed by atoms with E-state index in [0.29, 0.717) is 22.7 Å². The second-order valence-corrected chi connectivity index (χ2v) is 6.83. The lowest BCUT2D eigenvalue weighted by Gasteiger charge is -2.08. The quantitative estimate of drug-likeness (QED) is 0.901. The number of amides is 1. The second-order valence-electron chi connectivity index (χ2n) is 4.70. The van der Waals surface area contributed by atoms with Crippen LogP contribution in [0, 0.1) is 6.92 Å². The number of nitrogens with one attached hydrogen (secondary N) is 1. The van der Waals surface area contributed by atoms with Crippen LogP contribution in [0.2, 0.25) is 5.02 Å². The van der Waals surface area contributed by atoms with Crippen molar-refractivity contribution in [2.45, 2.75) is 26.0 Å². The highest BCUT2D eigenvalue weighted by Crippen LogP contribution is 2.18. The monoisotopic (exact) mass is 342 g/mol. The zero-order valence-electron chi connectivity index (χ0n) is 12.1. The molecule has 0 aliphatic rings. The highest BCUT2D eigenvalue weighted by atomic mass is 35.5. The summed E-state index contributed by atoms with van der Waals surface area (Å²) in [6.45, 7) is 3.36. The van der Waals surface area contributed by atoms with Crippen LogP contribution in [0.3, 0.4) is 0 Å². The first-order valence-corrected chi connectivity index (χ1v) is 8.60. The average molecular weight is 343 g/mol. The SMILES string of the molecule is CCc1noc(C)c1C(=O)NS(=O)(=O)Cc1ccccc1Cl. The Morgan fingerprint density at radius 2 is 2.05 bits per heavy atom. The van der Waals surface area contributed by atoms with Crippen LogP contribution in [0.4, 0.5) is 0 Å². The van der Waals surface area contributed by atoms with Gasteiger partial charge in [-0.3, -0.25) is 4.79 Å². The number of aryl methyl sites for hydroxylation is 2. The van der Waals surface area contributed by atoms with Crippen molar-refractivity contribution in [3.8, 4) is 0 Å².